The Kier molecular flexibility index (Phi) is 14.0. The van der Waals surface area contributed by atoms with Crippen molar-refractivity contribution in [1.82, 2.24) is 0 Å². The summed E-state index contributed by atoms with van der Waals surface area (Å²) in [6.07, 6.45) is 0. The van der Waals surface area contributed by atoms with Gasteiger partial charge in [-0.05, 0) is 50.5 Å². The van der Waals surface area contributed by atoms with Crippen LogP contribution in [0.5, 0.6) is 5.75 Å². The predicted octanol–water partition coefficient (Wildman–Crippen LogP) is 3.17. The molecule has 0 bridgehead atoms. The number of hydrogen-bond donors (Lipinski definition) is 1. The fourth-order valence-corrected chi connectivity index (χ4v) is 1.41. The number of aryl methyl sites for hydroxylation is 1. The molecule has 1 rings (SSSR count). The van der Waals surface area contributed by atoms with Crippen molar-refractivity contribution in [3.8, 4) is 5.75 Å². The summed E-state index contributed by atoms with van der Waals surface area (Å²) in [6.45, 7) is 1.95. The molecule has 1 aromatic rings. The molecule has 0 aliphatic rings. The number of thiocarbonyl (C=S) groups is 2. The summed E-state index contributed by atoms with van der Waals surface area (Å²) < 4.78 is 7.00. The number of halogens is 1. The van der Waals surface area contributed by atoms with Gasteiger partial charge in [-0.15, -0.1) is 0 Å². The summed E-state index contributed by atoms with van der Waals surface area (Å²) in [5, 5.41) is 0.326. The Bertz CT molecular complexity index is 405. The van der Waals surface area contributed by atoms with Crippen molar-refractivity contribution in [3.05, 3.63) is 29.3 Å². The van der Waals surface area contributed by atoms with Crippen molar-refractivity contribution in [3.63, 3.8) is 0 Å². The topological polar surface area (TPSA) is 52.3 Å². The van der Waals surface area contributed by atoms with Crippen molar-refractivity contribution in [1.29, 1.82) is 0 Å². The van der Waals surface area contributed by atoms with Crippen molar-refractivity contribution in [2.45, 2.75) is 6.92 Å². The number of rotatable bonds is 3. The predicted molar refractivity (Wildman–Crippen MR) is 86.2 cm³/mol. The van der Waals surface area contributed by atoms with Crippen molar-refractivity contribution in [2.75, 3.05) is 19.5 Å². The lowest BCUT2D eigenvalue weighted by Crippen LogP contribution is -2.03. The molecule has 0 saturated heterocycles. The zero-order valence-corrected chi connectivity index (χ0v) is 13.7. The van der Waals surface area contributed by atoms with E-state index in [2.05, 4.69) is 46.1 Å². The highest BCUT2D eigenvalue weighted by Crippen LogP contribution is 2.20. The first-order chi connectivity index (χ1) is 8.60. The Labute approximate surface area is 127 Å². The van der Waals surface area contributed by atoms with Crippen LogP contribution < -0.4 is 10.5 Å². The lowest BCUT2D eigenvalue weighted by Gasteiger charge is -2.06. The van der Waals surface area contributed by atoms with Crippen LogP contribution in [0.15, 0.2) is 18.2 Å². The minimum atomic E-state index is 0.0422. The van der Waals surface area contributed by atoms with Crippen LogP contribution >= 0.6 is 40.4 Å². The SMILES string of the molecule is CN.COc1ccc(C)cc1C(=O)CBr.S=C=S. The second kappa shape index (κ2) is 12.8. The van der Waals surface area contributed by atoms with Crippen LogP contribution in [0, 0.1) is 6.92 Å². The smallest absolute Gasteiger partial charge is 0.177 e. The zero-order chi connectivity index (χ0) is 14.6. The summed E-state index contributed by atoms with van der Waals surface area (Å²) >= 11 is 11.1. The highest BCUT2D eigenvalue weighted by molar-refractivity contribution is 9.09. The lowest BCUT2D eigenvalue weighted by molar-refractivity contribution is 0.102. The normalized spacial score (nSPS) is 7.83. The molecule has 18 heavy (non-hydrogen) atoms. The van der Waals surface area contributed by atoms with E-state index < -0.39 is 0 Å². The van der Waals surface area contributed by atoms with E-state index in [0.29, 0.717) is 16.6 Å². The standard InChI is InChI=1S/C10H11BrO2.CH5N.CS2/c1-7-3-4-10(13-2)8(5-7)9(12)6-11;1-2;2-1-3/h3-5H,6H2,1-2H3;2H2,1H3;. The first-order valence-electron chi connectivity index (χ1n) is 4.91. The van der Waals surface area contributed by atoms with Gasteiger partial charge in [-0.1, -0.05) is 27.6 Å². The molecule has 0 saturated carbocycles. The largest absolute Gasteiger partial charge is 0.496 e. The summed E-state index contributed by atoms with van der Waals surface area (Å²) in [7, 11) is 3.07. The van der Waals surface area contributed by atoms with Gasteiger partial charge in [0.25, 0.3) is 0 Å². The molecule has 0 spiro atoms. The van der Waals surface area contributed by atoms with Gasteiger partial charge >= 0.3 is 0 Å². The van der Waals surface area contributed by atoms with Crippen LogP contribution in [0.25, 0.3) is 0 Å². The van der Waals surface area contributed by atoms with E-state index in [1.54, 1.807) is 7.11 Å². The molecule has 100 valence electrons. The maximum Gasteiger partial charge on any atom is 0.177 e. The number of ether oxygens (including phenoxy) is 1. The van der Waals surface area contributed by atoms with Crippen LogP contribution in [0.2, 0.25) is 0 Å². The lowest BCUT2D eigenvalue weighted by atomic mass is 10.1. The summed E-state index contributed by atoms with van der Waals surface area (Å²) in [5.41, 5.74) is 6.20. The fraction of sp³-hybridized carbons (Fsp3) is 0.333. The third-order valence-corrected chi connectivity index (χ3v) is 2.29. The van der Waals surface area contributed by atoms with Crippen molar-refractivity contribution >= 4 is 50.5 Å². The number of hydrogen-bond acceptors (Lipinski definition) is 5. The molecule has 1 aromatic carbocycles. The quantitative estimate of drug-likeness (QED) is 0.516. The summed E-state index contributed by atoms with van der Waals surface area (Å²) in [5.74, 6) is 0.676. The van der Waals surface area contributed by atoms with Gasteiger partial charge in [0.1, 0.15) is 5.75 Å². The Balaban J connectivity index is 0. The molecular weight excluding hydrogens is 334 g/mol. The Morgan fingerprint density at radius 3 is 2.33 bits per heavy atom. The molecule has 0 amide bonds. The molecule has 0 fully saturated rings. The van der Waals surface area contributed by atoms with Crippen LogP contribution in [0.4, 0.5) is 0 Å². The molecule has 0 radical (unpaired) electrons. The van der Waals surface area contributed by atoms with Gasteiger partial charge in [0.15, 0.2) is 5.78 Å². The third kappa shape index (κ3) is 7.63. The Morgan fingerprint density at radius 1 is 1.44 bits per heavy atom. The maximum atomic E-state index is 11.4. The van der Waals surface area contributed by atoms with Crippen molar-refractivity contribution < 1.29 is 9.53 Å². The Hall–Kier alpha value is -0.650. The molecule has 3 nitrogen and oxygen atoms in total. The molecule has 0 aliphatic heterocycles. The van der Waals surface area contributed by atoms with E-state index >= 15 is 0 Å². The second-order valence-electron chi connectivity index (χ2n) is 2.84. The fourth-order valence-electron chi connectivity index (χ4n) is 1.11. The highest BCUT2D eigenvalue weighted by atomic mass is 79.9. The zero-order valence-electron chi connectivity index (χ0n) is 10.5. The molecule has 0 atom stereocenters. The molecule has 0 aromatic heterocycles. The van der Waals surface area contributed by atoms with E-state index in [1.165, 1.54) is 7.05 Å². The number of ketones is 1. The molecule has 0 aliphatic carbocycles. The number of carbonyl (C=O) groups is 1. The van der Waals surface area contributed by atoms with Crippen LogP contribution in [-0.4, -0.2) is 29.6 Å². The number of benzene rings is 1. The molecule has 2 N–H and O–H groups in total. The molecular formula is C12H16BrNO2S2. The first-order valence-corrected chi connectivity index (χ1v) is 6.85. The first kappa shape index (κ1) is 19.7. The average Bonchev–Trinajstić information content (AvgIpc) is 2.41. The van der Waals surface area contributed by atoms with Gasteiger partial charge in [0.2, 0.25) is 0 Å². The van der Waals surface area contributed by atoms with Gasteiger partial charge in [-0.2, -0.15) is 0 Å². The van der Waals surface area contributed by atoms with E-state index in [1.807, 2.05) is 29.4 Å². The number of nitrogens with two attached hydrogens (primary N) is 1. The summed E-state index contributed by atoms with van der Waals surface area (Å²) in [6, 6.07) is 5.57. The Morgan fingerprint density at radius 2 is 1.94 bits per heavy atom. The maximum absolute atomic E-state index is 11.4. The third-order valence-electron chi connectivity index (χ3n) is 1.78. The minimum Gasteiger partial charge on any atom is -0.496 e. The molecule has 0 heterocycles. The minimum absolute atomic E-state index is 0.0422. The van der Waals surface area contributed by atoms with E-state index in [9.17, 15) is 4.79 Å². The summed E-state index contributed by atoms with van der Waals surface area (Å²) in [4.78, 5) is 11.4. The van der Waals surface area contributed by atoms with Crippen molar-refractivity contribution in [2.24, 2.45) is 5.73 Å². The average molecular weight is 350 g/mol. The number of Topliss-reactive ketones (excluding diaryl/α,β-unsaturated/α-hetero) is 1. The van der Waals surface area contributed by atoms with Gasteiger partial charge in [0.05, 0.1) is 18.0 Å². The molecule has 6 heteroatoms. The van der Waals surface area contributed by atoms with Gasteiger partial charge < -0.3 is 10.5 Å². The van der Waals surface area contributed by atoms with Gasteiger partial charge in [-0.25, -0.2) is 0 Å². The van der Waals surface area contributed by atoms with Gasteiger partial charge in [-0.3, -0.25) is 4.79 Å². The van der Waals surface area contributed by atoms with E-state index in [0.717, 1.165) is 5.56 Å². The van der Waals surface area contributed by atoms with Crippen LogP contribution in [0.1, 0.15) is 15.9 Å². The molecule has 0 unspecified atom stereocenters. The number of carbonyl (C=O) groups excluding carboxylic acids is 1. The van der Waals surface area contributed by atoms with Gasteiger partial charge in [0, 0.05) is 4.31 Å². The van der Waals surface area contributed by atoms with Crippen LogP contribution in [-0.2, 0) is 0 Å². The van der Waals surface area contributed by atoms with E-state index in [-0.39, 0.29) is 5.78 Å². The van der Waals surface area contributed by atoms with E-state index in [4.69, 9.17) is 4.74 Å². The number of alkyl halides is 1. The second-order valence-corrected chi connectivity index (χ2v) is 4.07. The number of methoxy groups -OCH3 is 1. The monoisotopic (exact) mass is 349 g/mol. The van der Waals surface area contributed by atoms with Crippen LogP contribution in [0.3, 0.4) is 0 Å². The highest BCUT2D eigenvalue weighted by Gasteiger charge is 2.10.